The van der Waals surface area contributed by atoms with Crippen LogP contribution in [0.1, 0.15) is 22.3 Å². The van der Waals surface area contributed by atoms with Crippen LogP contribution >= 0.6 is 45.8 Å². The summed E-state index contributed by atoms with van der Waals surface area (Å²) in [6.45, 7) is 2.38. The molecule has 0 saturated heterocycles. The maximum Gasteiger partial charge on any atom is 0.133 e. The second-order valence-corrected chi connectivity index (χ2v) is 8.26. The molecule has 0 heterocycles. The maximum atomic E-state index is 9.52. The number of nitrogens with zero attached hydrogens (tertiary/aromatic N) is 1. The molecule has 0 fully saturated rings. The van der Waals surface area contributed by atoms with Crippen LogP contribution in [0.15, 0.2) is 60.7 Å². The summed E-state index contributed by atoms with van der Waals surface area (Å²) in [7, 11) is 0. The average Bonchev–Trinajstić information content (AvgIpc) is 2.67. The number of aryl methyl sites for hydroxylation is 1. The number of hydrogen-bond acceptors (Lipinski definition) is 2. The molecule has 3 aromatic rings. The van der Waals surface area contributed by atoms with Gasteiger partial charge in [-0.2, -0.15) is 5.26 Å². The minimum Gasteiger partial charge on any atom is -0.488 e. The van der Waals surface area contributed by atoms with Gasteiger partial charge >= 0.3 is 0 Å². The van der Waals surface area contributed by atoms with Gasteiger partial charge in [0.1, 0.15) is 12.4 Å². The zero-order valence-corrected chi connectivity index (χ0v) is 18.7. The number of halogens is 3. The van der Waals surface area contributed by atoms with Crippen molar-refractivity contribution in [3.05, 3.63) is 96.5 Å². The van der Waals surface area contributed by atoms with E-state index < -0.39 is 0 Å². The molecular weight excluding hydrogens is 504 g/mol. The van der Waals surface area contributed by atoms with Crippen molar-refractivity contribution in [2.45, 2.75) is 13.5 Å². The van der Waals surface area contributed by atoms with Gasteiger partial charge in [0.25, 0.3) is 0 Å². The minimum absolute atomic E-state index is 0.355. The number of hydrogen-bond donors (Lipinski definition) is 0. The zero-order valence-electron chi connectivity index (χ0n) is 15.0. The Morgan fingerprint density at radius 2 is 1.82 bits per heavy atom. The summed E-state index contributed by atoms with van der Waals surface area (Å²) in [5, 5.41) is 10.7. The first-order chi connectivity index (χ1) is 13.5. The summed E-state index contributed by atoms with van der Waals surface area (Å²) < 4.78 is 6.86. The van der Waals surface area contributed by atoms with E-state index in [4.69, 9.17) is 27.9 Å². The van der Waals surface area contributed by atoms with Crippen LogP contribution in [-0.4, -0.2) is 0 Å². The van der Waals surface area contributed by atoms with E-state index in [0.717, 1.165) is 31.6 Å². The van der Waals surface area contributed by atoms with Crippen molar-refractivity contribution in [3.63, 3.8) is 0 Å². The smallest absolute Gasteiger partial charge is 0.133 e. The molecule has 0 amide bonds. The van der Waals surface area contributed by atoms with Crippen molar-refractivity contribution in [1.29, 1.82) is 5.26 Å². The number of nitriles is 1. The molecule has 0 bridgehead atoms. The predicted molar refractivity (Wildman–Crippen MR) is 125 cm³/mol. The third-order valence-corrected chi connectivity index (χ3v) is 5.58. The van der Waals surface area contributed by atoms with Crippen LogP contribution in [-0.2, 0) is 6.61 Å². The van der Waals surface area contributed by atoms with Crippen LogP contribution in [0.3, 0.4) is 0 Å². The molecule has 0 aliphatic heterocycles. The lowest BCUT2D eigenvalue weighted by Gasteiger charge is -2.10. The topological polar surface area (TPSA) is 33.0 Å². The molecule has 2 nitrogen and oxygen atoms in total. The monoisotopic (exact) mass is 519 g/mol. The highest BCUT2D eigenvalue weighted by atomic mass is 127. The fraction of sp³-hybridized carbons (Fsp3) is 0.0870. The molecule has 0 spiro atoms. The van der Waals surface area contributed by atoms with Crippen molar-refractivity contribution in [3.8, 4) is 11.8 Å². The Hall–Kier alpha value is -2.00. The first kappa shape index (κ1) is 20.7. The average molecular weight is 520 g/mol. The Bertz CT molecular complexity index is 1070. The molecule has 3 rings (SSSR count). The minimum atomic E-state index is 0.355. The third kappa shape index (κ3) is 5.29. The van der Waals surface area contributed by atoms with Gasteiger partial charge in [-0.3, -0.25) is 0 Å². The molecule has 140 valence electrons. The quantitative estimate of drug-likeness (QED) is 0.198. The maximum absolute atomic E-state index is 9.52. The van der Waals surface area contributed by atoms with Crippen molar-refractivity contribution < 1.29 is 4.74 Å². The Kier molecular flexibility index (Phi) is 7.01. The number of benzene rings is 3. The normalized spacial score (nSPS) is 11.2. The van der Waals surface area contributed by atoms with Crippen LogP contribution < -0.4 is 4.74 Å². The SMILES string of the molecule is Cc1ccc(/C(C#N)=C\c2ccc(OCc3ccc(Cl)cc3Cl)c(I)c2)cc1. The van der Waals surface area contributed by atoms with E-state index in [1.165, 1.54) is 0 Å². The molecule has 3 aromatic carbocycles. The summed E-state index contributed by atoms with van der Waals surface area (Å²) in [6.07, 6.45) is 1.88. The van der Waals surface area contributed by atoms with E-state index in [-0.39, 0.29) is 0 Å². The van der Waals surface area contributed by atoms with Gasteiger partial charge in [0.05, 0.1) is 15.2 Å². The molecule has 0 aliphatic carbocycles. The van der Waals surface area contributed by atoms with Gasteiger partial charge in [-0.1, -0.05) is 65.2 Å². The standard InChI is InChI=1S/C23H16Cl2INO/c1-15-2-5-17(6-3-15)19(13-27)10-16-4-9-23(22(26)11-16)28-14-18-7-8-20(24)12-21(18)25/h2-12H,14H2,1H3/b19-10-. The molecule has 0 unspecified atom stereocenters. The van der Waals surface area contributed by atoms with Gasteiger partial charge in [-0.05, 0) is 71.0 Å². The Morgan fingerprint density at radius 3 is 2.46 bits per heavy atom. The molecule has 0 atom stereocenters. The summed E-state index contributed by atoms with van der Waals surface area (Å²) in [5.74, 6) is 0.762. The van der Waals surface area contributed by atoms with E-state index in [2.05, 4.69) is 28.7 Å². The summed E-state index contributed by atoms with van der Waals surface area (Å²) in [6, 6.07) is 21.4. The predicted octanol–water partition coefficient (Wildman–Crippen LogP) is 7.55. The molecule has 0 aliphatic rings. The molecule has 0 radical (unpaired) electrons. The first-order valence-corrected chi connectivity index (χ1v) is 10.3. The van der Waals surface area contributed by atoms with E-state index in [9.17, 15) is 5.26 Å². The van der Waals surface area contributed by atoms with Crippen molar-refractivity contribution >= 4 is 57.4 Å². The Labute approximate surface area is 188 Å². The highest BCUT2D eigenvalue weighted by molar-refractivity contribution is 14.1. The fourth-order valence-electron chi connectivity index (χ4n) is 2.60. The van der Waals surface area contributed by atoms with E-state index in [0.29, 0.717) is 22.2 Å². The molecule has 5 heteroatoms. The van der Waals surface area contributed by atoms with Gasteiger partial charge in [-0.15, -0.1) is 0 Å². The summed E-state index contributed by atoms with van der Waals surface area (Å²) >= 11 is 14.4. The molecule has 0 aromatic heterocycles. The molecule has 28 heavy (non-hydrogen) atoms. The molecule has 0 N–H and O–H groups in total. The Morgan fingerprint density at radius 1 is 1.07 bits per heavy atom. The van der Waals surface area contributed by atoms with Gasteiger partial charge in [0, 0.05) is 15.6 Å². The van der Waals surface area contributed by atoms with Crippen LogP contribution in [0.4, 0.5) is 0 Å². The first-order valence-electron chi connectivity index (χ1n) is 8.51. The van der Waals surface area contributed by atoms with Gasteiger partial charge in [-0.25, -0.2) is 0 Å². The van der Waals surface area contributed by atoms with E-state index in [1.54, 1.807) is 12.1 Å². The Balaban J connectivity index is 1.78. The van der Waals surface area contributed by atoms with Crippen LogP contribution in [0.2, 0.25) is 10.0 Å². The van der Waals surface area contributed by atoms with Crippen molar-refractivity contribution in [1.82, 2.24) is 0 Å². The summed E-state index contributed by atoms with van der Waals surface area (Å²) in [5.41, 5.74) is 4.51. The fourth-order valence-corrected chi connectivity index (χ4v) is 3.76. The van der Waals surface area contributed by atoms with Gasteiger partial charge < -0.3 is 4.74 Å². The summed E-state index contributed by atoms with van der Waals surface area (Å²) in [4.78, 5) is 0. The van der Waals surface area contributed by atoms with Crippen LogP contribution in [0.5, 0.6) is 5.75 Å². The molecule has 0 saturated carbocycles. The van der Waals surface area contributed by atoms with Gasteiger partial charge in [0.2, 0.25) is 0 Å². The lowest BCUT2D eigenvalue weighted by atomic mass is 10.0. The second kappa shape index (κ2) is 9.47. The zero-order chi connectivity index (χ0) is 20.1. The van der Waals surface area contributed by atoms with E-state index >= 15 is 0 Å². The molecular formula is C23H16Cl2INO. The number of ether oxygens (including phenoxy) is 1. The highest BCUT2D eigenvalue weighted by Gasteiger charge is 2.07. The highest BCUT2D eigenvalue weighted by Crippen LogP contribution is 2.27. The lowest BCUT2D eigenvalue weighted by Crippen LogP contribution is -1.98. The second-order valence-electron chi connectivity index (χ2n) is 6.25. The van der Waals surface area contributed by atoms with Gasteiger partial charge in [0.15, 0.2) is 0 Å². The van der Waals surface area contributed by atoms with Crippen molar-refractivity contribution in [2.24, 2.45) is 0 Å². The largest absolute Gasteiger partial charge is 0.488 e. The third-order valence-electron chi connectivity index (χ3n) is 4.15. The lowest BCUT2D eigenvalue weighted by molar-refractivity contribution is 0.304. The van der Waals surface area contributed by atoms with E-state index in [1.807, 2.05) is 61.5 Å². The number of rotatable bonds is 5. The number of allylic oxidation sites excluding steroid dienone is 1. The van der Waals surface area contributed by atoms with Crippen LogP contribution in [0.25, 0.3) is 11.6 Å². The van der Waals surface area contributed by atoms with Crippen molar-refractivity contribution in [2.75, 3.05) is 0 Å². The van der Waals surface area contributed by atoms with Crippen LogP contribution in [0, 0.1) is 21.8 Å².